The highest BCUT2D eigenvalue weighted by Gasteiger charge is 2.19. The standard InChI is InChI=1S/C22H23N5O/c1-26(14-10-17-8-12-23-13-9-17)22(28)20-6-7-21(25-24-20)27-15-11-18-4-2-3-5-19(18)16-27/h2-9,12-13H,10-11,14-16H2,1H3. The SMILES string of the molecule is CN(CCc1ccncc1)C(=O)c1ccc(N2CCc3ccccc3C2)nn1. The first-order valence-electron chi connectivity index (χ1n) is 9.50. The van der Waals surface area contributed by atoms with E-state index in [2.05, 4.69) is 44.3 Å². The highest BCUT2D eigenvalue weighted by atomic mass is 16.2. The van der Waals surface area contributed by atoms with Crippen molar-refractivity contribution >= 4 is 11.7 Å². The van der Waals surface area contributed by atoms with Crippen molar-refractivity contribution < 1.29 is 4.79 Å². The molecule has 28 heavy (non-hydrogen) atoms. The van der Waals surface area contributed by atoms with Crippen molar-refractivity contribution in [2.75, 3.05) is 25.0 Å². The van der Waals surface area contributed by atoms with Crippen molar-refractivity contribution in [1.82, 2.24) is 20.1 Å². The number of aromatic nitrogens is 3. The summed E-state index contributed by atoms with van der Waals surface area (Å²) in [7, 11) is 1.79. The lowest BCUT2D eigenvalue weighted by Crippen LogP contribution is -2.32. The van der Waals surface area contributed by atoms with Gasteiger partial charge in [-0.25, -0.2) is 0 Å². The average molecular weight is 373 g/mol. The number of rotatable bonds is 5. The van der Waals surface area contributed by atoms with Gasteiger partial charge in [0.05, 0.1) is 0 Å². The van der Waals surface area contributed by atoms with Gasteiger partial charge in [0.1, 0.15) is 0 Å². The number of pyridine rings is 1. The molecule has 0 N–H and O–H groups in total. The molecule has 1 aliphatic rings. The topological polar surface area (TPSA) is 62.2 Å². The van der Waals surface area contributed by atoms with Crippen LogP contribution in [0.3, 0.4) is 0 Å². The van der Waals surface area contributed by atoms with E-state index in [1.165, 1.54) is 11.1 Å². The zero-order valence-corrected chi connectivity index (χ0v) is 16.0. The zero-order chi connectivity index (χ0) is 19.3. The van der Waals surface area contributed by atoms with Gasteiger partial charge in [0.15, 0.2) is 11.5 Å². The van der Waals surface area contributed by atoms with Gasteiger partial charge in [0.2, 0.25) is 0 Å². The Morgan fingerprint density at radius 1 is 1.04 bits per heavy atom. The Balaban J connectivity index is 1.38. The van der Waals surface area contributed by atoms with Crippen LogP contribution in [-0.4, -0.2) is 46.1 Å². The van der Waals surface area contributed by atoms with Crippen molar-refractivity contribution in [3.05, 3.63) is 83.3 Å². The van der Waals surface area contributed by atoms with E-state index < -0.39 is 0 Å². The lowest BCUT2D eigenvalue weighted by molar-refractivity contribution is 0.0789. The molecule has 4 rings (SSSR count). The van der Waals surface area contributed by atoms with E-state index in [4.69, 9.17) is 0 Å². The van der Waals surface area contributed by atoms with Gasteiger partial charge in [-0.05, 0) is 53.8 Å². The van der Waals surface area contributed by atoms with Crippen molar-refractivity contribution in [1.29, 1.82) is 0 Å². The highest BCUT2D eigenvalue weighted by Crippen LogP contribution is 2.22. The number of hydrogen-bond acceptors (Lipinski definition) is 5. The van der Waals surface area contributed by atoms with Gasteiger partial charge in [-0.2, -0.15) is 0 Å². The van der Waals surface area contributed by atoms with E-state index >= 15 is 0 Å². The van der Waals surface area contributed by atoms with Crippen molar-refractivity contribution in [3.63, 3.8) is 0 Å². The number of carbonyl (C=O) groups excluding carboxylic acids is 1. The summed E-state index contributed by atoms with van der Waals surface area (Å²) in [5, 5.41) is 8.51. The van der Waals surface area contributed by atoms with Crippen LogP contribution in [0.25, 0.3) is 0 Å². The summed E-state index contributed by atoms with van der Waals surface area (Å²) in [6.07, 6.45) is 5.31. The molecule has 0 unspecified atom stereocenters. The lowest BCUT2D eigenvalue weighted by Gasteiger charge is -2.29. The van der Waals surface area contributed by atoms with Gasteiger partial charge in [0, 0.05) is 39.1 Å². The second-order valence-corrected chi connectivity index (χ2v) is 7.05. The third kappa shape index (κ3) is 4.01. The summed E-state index contributed by atoms with van der Waals surface area (Å²) in [5.74, 6) is 0.697. The minimum absolute atomic E-state index is 0.114. The molecule has 0 bridgehead atoms. The fraction of sp³-hybridized carbons (Fsp3) is 0.273. The molecule has 0 saturated heterocycles. The fourth-order valence-corrected chi connectivity index (χ4v) is 3.44. The molecule has 0 atom stereocenters. The quantitative estimate of drug-likeness (QED) is 0.688. The van der Waals surface area contributed by atoms with E-state index in [9.17, 15) is 4.79 Å². The predicted molar refractivity (Wildman–Crippen MR) is 108 cm³/mol. The fourth-order valence-electron chi connectivity index (χ4n) is 3.44. The van der Waals surface area contributed by atoms with Crippen LogP contribution in [0, 0.1) is 0 Å². The van der Waals surface area contributed by atoms with Crippen LogP contribution in [0.2, 0.25) is 0 Å². The number of carbonyl (C=O) groups is 1. The molecule has 0 spiro atoms. The normalized spacial score (nSPS) is 13.1. The summed E-state index contributed by atoms with van der Waals surface area (Å²) in [4.78, 5) is 20.5. The summed E-state index contributed by atoms with van der Waals surface area (Å²) in [6, 6.07) is 16.1. The molecule has 0 saturated carbocycles. The van der Waals surface area contributed by atoms with E-state index in [0.717, 1.165) is 37.3 Å². The second-order valence-electron chi connectivity index (χ2n) is 7.05. The van der Waals surface area contributed by atoms with Gasteiger partial charge < -0.3 is 9.80 Å². The molecular weight excluding hydrogens is 350 g/mol. The summed E-state index contributed by atoms with van der Waals surface area (Å²) in [6.45, 7) is 2.35. The van der Waals surface area contributed by atoms with Crippen LogP contribution in [0.4, 0.5) is 5.82 Å². The molecule has 1 aromatic carbocycles. The lowest BCUT2D eigenvalue weighted by atomic mass is 10.00. The van der Waals surface area contributed by atoms with Crippen LogP contribution < -0.4 is 4.90 Å². The first kappa shape index (κ1) is 18.1. The van der Waals surface area contributed by atoms with Gasteiger partial charge in [-0.3, -0.25) is 9.78 Å². The molecule has 3 heterocycles. The molecular formula is C22H23N5O. The molecule has 2 aromatic heterocycles. The Kier molecular flexibility index (Phi) is 5.28. The Hall–Kier alpha value is -3.28. The van der Waals surface area contributed by atoms with Gasteiger partial charge in [-0.1, -0.05) is 24.3 Å². The zero-order valence-electron chi connectivity index (χ0n) is 16.0. The van der Waals surface area contributed by atoms with Gasteiger partial charge in [-0.15, -0.1) is 10.2 Å². The van der Waals surface area contributed by atoms with Crippen LogP contribution in [-0.2, 0) is 19.4 Å². The summed E-state index contributed by atoms with van der Waals surface area (Å²) in [5.41, 5.74) is 4.25. The smallest absolute Gasteiger partial charge is 0.274 e. The third-order valence-corrected chi connectivity index (χ3v) is 5.16. The molecule has 1 amide bonds. The van der Waals surface area contributed by atoms with Crippen LogP contribution in [0.1, 0.15) is 27.2 Å². The molecule has 1 aliphatic heterocycles. The van der Waals surface area contributed by atoms with Crippen molar-refractivity contribution in [2.45, 2.75) is 19.4 Å². The first-order valence-corrected chi connectivity index (χ1v) is 9.50. The Morgan fingerprint density at radius 2 is 1.82 bits per heavy atom. The number of nitrogens with zero attached hydrogens (tertiary/aromatic N) is 5. The average Bonchev–Trinajstić information content (AvgIpc) is 2.77. The maximum atomic E-state index is 12.6. The van der Waals surface area contributed by atoms with Crippen LogP contribution in [0.15, 0.2) is 60.9 Å². The van der Waals surface area contributed by atoms with Gasteiger partial charge >= 0.3 is 0 Å². The predicted octanol–water partition coefficient (Wildman–Crippen LogP) is 2.75. The van der Waals surface area contributed by atoms with E-state index in [1.807, 2.05) is 18.2 Å². The number of anilines is 1. The van der Waals surface area contributed by atoms with Gasteiger partial charge in [0.25, 0.3) is 5.91 Å². The molecule has 3 aromatic rings. The third-order valence-electron chi connectivity index (χ3n) is 5.16. The monoisotopic (exact) mass is 373 g/mol. The molecule has 0 fully saturated rings. The summed E-state index contributed by atoms with van der Waals surface area (Å²) >= 11 is 0. The van der Waals surface area contributed by atoms with E-state index in [1.54, 1.807) is 30.4 Å². The minimum atomic E-state index is -0.114. The molecule has 142 valence electrons. The van der Waals surface area contributed by atoms with E-state index in [-0.39, 0.29) is 5.91 Å². The number of hydrogen-bond donors (Lipinski definition) is 0. The number of benzene rings is 1. The molecule has 0 aliphatic carbocycles. The molecule has 6 heteroatoms. The number of likely N-dealkylation sites (N-methyl/N-ethyl adjacent to an activating group) is 1. The Labute approximate surface area is 164 Å². The first-order chi connectivity index (χ1) is 13.7. The van der Waals surface area contributed by atoms with Crippen molar-refractivity contribution in [2.24, 2.45) is 0 Å². The molecule has 0 radical (unpaired) electrons. The van der Waals surface area contributed by atoms with E-state index in [0.29, 0.717) is 12.2 Å². The Morgan fingerprint density at radius 3 is 2.57 bits per heavy atom. The van der Waals surface area contributed by atoms with Crippen molar-refractivity contribution in [3.8, 4) is 0 Å². The maximum Gasteiger partial charge on any atom is 0.274 e. The second kappa shape index (κ2) is 8.17. The van der Waals surface area contributed by atoms with Crippen LogP contribution in [0.5, 0.6) is 0 Å². The number of amides is 1. The summed E-state index contributed by atoms with van der Waals surface area (Å²) < 4.78 is 0. The Bertz CT molecular complexity index is 943. The largest absolute Gasteiger partial charge is 0.350 e. The molecule has 6 nitrogen and oxygen atoms in total. The number of fused-ring (bicyclic) bond motifs is 1. The maximum absolute atomic E-state index is 12.6. The highest BCUT2D eigenvalue weighted by molar-refractivity contribution is 5.92. The minimum Gasteiger partial charge on any atom is -0.350 e. The van der Waals surface area contributed by atoms with Crippen LogP contribution >= 0.6 is 0 Å².